The number of benzene rings is 1. The first-order valence-corrected chi connectivity index (χ1v) is 11.0. The normalized spacial score (nSPS) is 17.5. The van der Waals surface area contributed by atoms with Gasteiger partial charge in [0.1, 0.15) is 5.75 Å². The predicted octanol–water partition coefficient (Wildman–Crippen LogP) is 5.11. The fraction of sp³-hybridized carbons (Fsp3) is 0.600. The van der Waals surface area contributed by atoms with Gasteiger partial charge in [-0.2, -0.15) is 4.99 Å². The van der Waals surface area contributed by atoms with Crippen molar-refractivity contribution >= 4 is 34.4 Å². The van der Waals surface area contributed by atoms with Crippen molar-refractivity contribution in [2.24, 2.45) is 16.8 Å². The summed E-state index contributed by atoms with van der Waals surface area (Å²) in [5.41, 5.74) is 0.453. The zero-order valence-corrected chi connectivity index (χ0v) is 17.3. The van der Waals surface area contributed by atoms with Crippen molar-refractivity contribution in [2.45, 2.75) is 45.1 Å². The number of nitrogens with zero attached hydrogens (tertiary/aromatic N) is 2. The standard InChI is InChI=1S/C20H27ClN2O2S/c1-4-11-23(18(13-5-6-13)14-7-8-14)20(26-3)22-19(24)16-10-9-15(21)12-17(16)25-2/h9-10,12-14,18H,4-8,11H2,1-3H3. The number of carbonyl (C=O) groups is 1. The van der Waals surface area contributed by atoms with Crippen LogP contribution in [-0.4, -0.2) is 41.9 Å². The average Bonchev–Trinajstić information content (AvgIpc) is 3.53. The van der Waals surface area contributed by atoms with Gasteiger partial charge in [0.05, 0.1) is 12.7 Å². The Bertz CT molecular complexity index is 674. The van der Waals surface area contributed by atoms with Crippen molar-refractivity contribution in [1.29, 1.82) is 0 Å². The summed E-state index contributed by atoms with van der Waals surface area (Å²) >= 11 is 7.58. The number of thioether (sulfide) groups is 1. The van der Waals surface area contributed by atoms with Gasteiger partial charge in [0, 0.05) is 17.6 Å². The van der Waals surface area contributed by atoms with Gasteiger partial charge >= 0.3 is 0 Å². The van der Waals surface area contributed by atoms with Gasteiger partial charge in [0.25, 0.3) is 5.91 Å². The minimum Gasteiger partial charge on any atom is -0.496 e. The second-order valence-electron chi connectivity index (χ2n) is 7.11. The molecule has 2 saturated carbocycles. The molecule has 2 aliphatic rings. The van der Waals surface area contributed by atoms with Crippen molar-refractivity contribution in [3.63, 3.8) is 0 Å². The van der Waals surface area contributed by atoms with Crippen molar-refractivity contribution in [3.8, 4) is 5.75 Å². The maximum Gasteiger partial charge on any atom is 0.283 e. The fourth-order valence-electron chi connectivity index (χ4n) is 3.60. The molecule has 0 bridgehead atoms. The highest BCUT2D eigenvalue weighted by atomic mass is 35.5. The van der Waals surface area contributed by atoms with Crippen LogP contribution < -0.4 is 4.74 Å². The number of methoxy groups -OCH3 is 1. The Balaban J connectivity index is 1.88. The molecule has 1 aromatic rings. The van der Waals surface area contributed by atoms with E-state index in [1.54, 1.807) is 37.1 Å². The van der Waals surface area contributed by atoms with Gasteiger partial charge in [-0.1, -0.05) is 30.3 Å². The highest BCUT2D eigenvalue weighted by molar-refractivity contribution is 8.13. The van der Waals surface area contributed by atoms with Crippen molar-refractivity contribution < 1.29 is 9.53 Å². The third-order valence-electron chi connectivity index (χ3n) is 5.05. The van der Waals surface area contributed by atoms with E-state index in [1.165, 1.54) is 25.7 Å². The average molecular weight is 395 g/mol. The van der Waals surface area contributed by atoms with E-state index in [0.717, 1.165) is 30.0 Å². The number of hydrogen-bond donors (Lipinski definition) is 0. The van der Waals surface area contributed by atoms with Crippen LogP contribution in [-0.2, 0) is 0 Å². The van der Waals surface area contributed by atoms with Gasteiger partial charge < -0.3 is 9.64 Å². The highest BCUT2D eigenvalue weighted by Gasteiger charge is 2.45. The zero-order chi connectivity index (χ0) is 18.7. The third-order valence-corrected chi connectivity index (χ3v) is 5.98. The summed E-state index contributed by atoms with van der Waals surface area (Å²) in [6.07, 6.45) is 8.28. The van der Waals surface area contributed by atoms with Gasteiger partial charge in [-0.05, 0) is 68.4 Å². The van der Waals surface area contributed by atoms with Gasteiger partial charge in [-0.25, -0.2) is 0 Å². The van der Waals surface area contributed by atoms with E-state index in [9.17, 15) is 4.79 Å². The minimum atomic E-state index is -0.269. The van der Waals surface area contributed by atoms with Crippen molar-refractivity contribution in [3.05, 3.63) is 28.8 Å². The molecule has 0 radical (unpaired) electrons. The Morgan fingerprint density at radius 2 is 2.00 bits per heavy atom. The zero-order valence-electron chi connectivity index (χ0n) is 15.7. The molecule has 0 atom stereocenters. The van der Waals surface area contributed by atoms with Crippen molar-refractivity contribution in [1.82, 2.24) is 4.90 Å². The Morgan fingerprint density at radius 1 is 1.35 bits per heavy atom. The summed E-state index contributed by atoms with van der Waals surface area (Å²) in [6.45, 7) is 3.13. The van der Waals surface area contributed by atoms with Crippen LogP contribution in [0.4, 0.5) is 0 Å². The molecular formula is C20H27ClN2O2S. The van der Waals surface area contributed by atoms with E-state index in [1.807, 2.05) is 6.26 Å². The second kappa shape index (κ2) is 8.66. The van der Waals surface area contributed by atoms with Crippen LogP contribution in [0.1, 0.15) is 49.4 Å². The number of ether oxygens (including phenoxy) is 1. The summed E-state index contributed by atoms with van der Waals surface area (Å²) in [6, 6.07) is 5.59. The van der Waals surface area contributed by atoms with E-state index in [4.69, 9.17) is 16.3 Å². The molecule has 6 heteroatoms. The lowest BCUT2D eigenvalue weighted by Gasteiger charge is -2.34. The minimum absolute atomic E-state index is 0.269. The van der Waals surface area contributed by atoms with Crippen LogP contribution in [0.25, 0.3) is 0 Å². The molecule has 142 valence electrons. The Morgan fingerprint density at radius 3 is 2.50 bits per heavy atom. The SMILES string of the molecule is CCCN(C(=NC(=O)c1ccc(Cl)cc1OC)SC)C(C1CC1)C1CC1. The van der Waals surface area contributed by atoms with Gasteiger partial charge in [-0.3, -0.25) is 4.79 Å². The molecule has 0 N–H and O–H groups in total. The maximum absolute atomic E-state index is 12.9. The number of halogens is 1. The molecular weight excluding hydrogens is 368 g/mol. The summed E-state index contributed by atoms with van der Waals surface area (Å²) in [5, 5.41) is 1.38. The third kappa shape index (κ3) is 4.55. The molecule has 0 unspecified atom stereocenters. The molecule has 1 amide bonds. The van der Waals surface area contributed by atoms with Gasteiger partial charge in [0.15, 0.2) is 5.17 Å². The number of carbonyl (C=O) groups excluding carboxylic acids is 1. The molecule has 2 fully saturated rings. The molecule has 26 heavy (non-hydrogen) atoms. The van der Waals surface area contributed by atoms with E-state index in [-0.39, 0.29) is 5.91 Å². The topological polar surface area (TPSA) is 41.9 Å². The first-order chi connectivity index (χ1) is 12.6. The molecule has 2 aliphatic carbocycles. The van der Waals surface area contributed by atoms with Crippen LogP contribution in [0.2, 0.25) is 5.02 Å². The molecule has 0 heterocycles. The first kappa shape index (κ1) is 19.6. The lowest BCUT2D eigenvalue weighted by molar-refractivity contribution is 0.0997. The monoisotopic (exact) mass is 394 g/mol. The van der Waals surface area contributed by atoms with E-state index < -0.39 is 0 Å². The predicted molar refractivity (Wildman–Crippen MR) is 110 cm³/mol. The van der Waals surface area contributed by atoms with Crippen molar-refractivity contribution in [2.75, 3.05) is 19.9 Å². The van der Waals surface area contributed by atoms with E-state index >= 15 is 0 Å². The largest absolute Gasteiger partial charge is 0.496 e. The molecule has 1 aromatic carbocycles. The summed E-state index contributed by atoms with van der Waals surface area (Å²) in [5.74, 6) is 1.74. The second-order valence-corrected chi connectivity index (χ2v) is 8.32. The molecule has 3 rings (SSSR count). The van der Waals surface area contributed by atoms with Crippen LogP contribution in [0.15, 0.2) is 23.2 Å². The number of amidine groups is 1. The number of hydrogen-bond acceptors (Lipinski definition) is 3. The first-order valence-electron chi connectivity index (χ1n) is 9.36. The fourth-order valence-corrected chi connectivity index (χ4v) is 4.38. The molecule has 0 spiro atoms. The number of rotatable bonds is 7. The summed E-state index contributed by atoms with van der Waals surface area (Å²) < 4.78 is 5.32. The Hall–Kier alpha value is -1.20. The number of aliphatic imine (C=N–C) groups is 1. The Labute approximate surface area is 165 Å². The number of amides is 1. The highest BCUT2D eigenvalue weighted by Crippen LogP contribution is 2.47. The van der Waals surface area contributed by atoms with Crippen LogP contribution in [0.3, 0.4) is 0 Å². The maximum atomic E-state index is 12.9. The van der Waals surface area contributed by atoms with E-state index in [0.29, 0.717) is 22.4 Å². The van der Waals surface area contributed by atoms with Crippen LogP contribution >= 0.6 is 23.4 Å². The van der Waals surface area contributed by atoms with Crippen LogP contribution in [0.5, 0.6) is 5.75 Å². The molecule has 0 saturated heterocycles. The lowest BCUT2D eigenvalue weighted by atomic mass is 10.1. The summed E-state index contributed by atoms with van der Waals surface area (Å²) in [4.78, 5) is 19.8. The molecule has 4 nitrogen and oxygen atoms in total. The smallest absolute Gasteiger partial charge is 0.283 e. The van der Waals surface area contributed by atoms with E-state index in [2.05, 4.69) is 16.8 Å². The quantitative estimate of drug-likeness (QED) is 0.476. The van der Waals surface area contributed by atoms with Gasteiger partial charge in [0.2, 0.25) is 0 Å². The summed E-state index contributed by atoms with van der Waals surface area (Å²) in [7, 11) is 1.54. The van der Waals surface area contributed by atoms with Crippen LogP contribution in [0, 0.1) is 11.8 Å². The lowest BCUT2D eigenvalue weighted by Crippen LogP contribution is -2.42. The van der Waals surface area contributed by atoms with Gasteiger partial charge in [-0.15, -0.1) is 0 Å². The molecule has 0 aromatic heterocycles. The Kier molecular flexibility index (Phi) is 6.51. The molecule has 0 aliphatic heterocycles.